The second-order valence-corrected chi connectivity index (χ2v) is 5.73. The van der Waals surface area contributed by atoms with Gasteiger partial charge in [-0.05, 0) is 25.5 Å². The van der Waals surface area contributed by atoms with E-state index < -0.39 is 0 Å². The van der Waals surface area contributed by atoms with Crippen molar-refractivity contribution < 1.29 is 0 Å². The van der Waals surface area contributed by atoms with Crippen LogP contribution in [0.15, 0.2) is 0 Å². The first kappa shape index (κ1) is 12.9. The third-order valence-corrected chi connectivity index (χ3v) is 4.90. The number of rotatable bonds is 5. The highest BCUT2D eigenvalue weighted by Crippen LogP contribution is 2.37. The van der Waals surface area contributed by atoms with Gasteiger partial charge in [0.2, 0.25) is 0 Å². The normalized spacial score (nSPS) is 21.9. The van der Waals surface area contributed by atoms with Crippen molar-refractivity contribution in [3.63, 3.8) is 0 Å². The monoisotopic (exact) mass is 225 g/mol. The zero-order chi connectivity index (χ0) is 11.1. The van der Waals surface area contributed by atoms with Crippen LogP contribution in [0.2, 0.25) is 0 Å². The largest absolute Gasteiger partial charge is 0.302 e. The highest BCUT2D eigenvalue weighted by molar-refractivity contribution is 8.00. The molecule has 0 radical (unpaired) electrons. The van der Waals surface area contributed by atoms with Crippen LogP contribution in [-0.2, 0) is 0 Å². The van der Waals surface area contributed by atoms with Gasteiger partial charge in [0, 0.05) is 11.3 Å². The lowest BCUT2D eigenvalue weighted by atomic mass is 9.88. The van der Waals surface area contributed by atoms with Gasteiger partial charge in [-0.25, -0.2) is 0 Å². The molecule has 0 aromatic carbocycles. The van der Waals surface area contributed by atoms with Gasteiger partial charge in [0.25, 0.3) is 0 Å². The molecule has 0 heterocycles. The summed E-state index contributed by atoms with van der Waals surface area (Å²) in [6.07, 6.45) is 15.6. The smallest absolute Gasteiger partial charge is 0.0684 e. The third-order valence-electron chi connectivity index (χ3n) is 3.48. The zero-order valence-corrected chi connectivity index (χ0v) is 10.8. The number of terminal acetylenes is 1. The summed E-state index contributed by atoms with van der Waals surface area (Å²) in [4.78, 5) is 0. The number of hydrogen-bond acceptors (Lipinski definition) is 2. The molecule has 0 amide bonds. The SMILES string of the molecule is C#CC(CC)NCC1(SC)CCCCC1. The summed E-state index contributed by atoms with van der Waals surface area (Å²) in [7, 11) is 0. The zero-order valence-electron chi connectivity index (χ0n) is 10.0. The fourth-order valence-electron chi connectivity index (χ4n) is 2.28. The van der Waals surface area contributed by atoms with Crippen molar-refractivity contribution in [2.75, 3.05) is 12.8 Å². The minimum atomic E-state index is 0.260. The highest BCUT2D eigenvalue weighted by atomic mass is 32.2. The molecule has 86 valence electrons. The van der Waals surface area contributed by atoms with Gasteiger partial charge >= 0.3 is 0 Å². The molecule has 0 aromatic heterocycles. The maximum absolute atomic E-state index is 5.46. The molecule has 0 aliphatic heterocycles. The Morgan fingerprint density at radius 1 is 1.40 bits per heavy atom. The quantitative estimate of drug-likeness (QED) is 0.722. The molecule has 15 heavy (non-hydrogen) atoms. The van der Waals surface area contributed by atoms with Crippen molar-refractivity contribution in [3.8, 4) is 12.3 Å². The molecule has 1 aliphatic carbocycles. The predicted octanol–water partition coefficient (Wildman–Crippen LogP) is 3.05. The van der Waals surface area contributed by atoms with Crippen molar-refractivity contribution in [3.05, 3.63) is 0 Å². The van der Waals surface area contributed by atoms with Gasteiger partial charge in [0.15, 0.2) is 0 Å². The molecular weight excluding hydrogens is 202 g/mol. The van der Waals surface area contributed by atoms with Crippen molar-refractivity contribution in [2.24, 2.45) is 0 Å². The van der Waals surface area contributed by atoms with E-state index >= 15 is 0 Å². The van der Waals surface area contributed by atoms with Gasteiger partial charge in [0.05, 0.1) is 6.04 Å². The molecule has 2 heteroatoms. The lowest BCUT2D eigenvalue weighted by Gasteiger charge is -2.36. The summed E-state index contributed by atoms with van der Waals surface area (Å²) in [5.41, 5.74) is 0. The van der Waals surface area contributed by atoms with Crippen LogP contribution in [0.1, 0.15) is 45.4 Å². The lowest BCUT2D eigenvalue weighted by molar-refractivity contribution is 0.371. The van der Waals surface area contributed by atoms with Crippen LogP contribution in [0.25, 0.3) is 0 Å². The van der Waals surface area contributed by atoms with E-state index in [2.05, 4.69) is 24.4 Å². The first-order valence-electron chi connectivity index (χ1n) is 6.01. The van der Waals surface area contributed by atoms with Crippen molar-refractivity contribution in [1.29, 1.82) is 0 Å². The highest BCUT2D eigenvalue weighted by Gasteiger charge is 2.31. The van der Waals surface area contributed by atoms with Gasteiger partial charge in [0.1, 0.15) is 0 Å². The topological polar surface area (TPSA) is 12.0 Å². The molecule has 1 saturated carbocycles. The summed E-state index contributed by atoms with van der Waals surface area (Å²) in [6.45, 7) is 3.22. The Bertz CT molecular complexity index is 213. The Morgan fingerprint density at radius 3 is 2.53 bits per heavy atom. The first-order valence-corrected chi connectivity index (χ1v) is 7.23. The number of hydrogen-bond donors (Lipinski definition) is 1. The molecule has 1 rings (SSSR count). The Balaban J connectivity index is 2.42. The fourth-order valence-corrected chi connectivity index (χ4v) is 3.20. The van der Waals surface area contributed by atoms with Crippen LogP contribution in [0.4, 0.5) is 0 Å². The maximum atomic E-state index is 5.46. The van der Waals surface area contributed by atoms with E-state index in [1.807, 2.05) is 11.8 Å². The fraction of sp³-hybridized carbons (Fsp3) is 0.846. The van der Waals surface area contributed by atoms with Gasteiger partial charge in [-0.15, -0.1) is 6.42 Å². The van der Waals surface area contributed by atoms with Crippen molar-refractivity contribution >= 4 is 11.8 Å². The lowest BCUT2D eigenvalue weighted by Crippen LogP contribution is -2.42. The second-order valence-electron chi connectivity index (χ2n) is 4.46. The molecule has 1 nitrogen and oxygen atoms in total. The average Bonchev–Trinajstić information content (AvgIpc) is 2.31. The standard InChI is InChI=1S/C13H23NS/c1-4-12(5-2)14-11-13(15-3)9-7-6-8-10-13/h1,12,14H,5-11H2,2-3H3. The van der Waals surface area contributed by atoms with Crippen LogP contribution in [0.5, 0.6) is 0 Å². The molecule has 1 aliphatic rings. The van der Waals surface area contributed by atoms with E-state index in [0.717, 1.165) is 13.0 Å². The van der Waals surface area contributed by atoms with Gasteiger partial charge in [-0.3, -0.25) is 0 Å². The molecule has 1 N–H and O–H groups in total. The summed E-state index contributed by atoms with van der Waals surface area (Å²) in [5, 5.41) is 3.52. The molecule has 0 aromatic rings. The van der Waals surface area contributed by atoms with Gasteiger partial charge < -0.3 is 5.32 Å². The van der Waals surface area contributed by atoms with E-state index in [4.69, 9.17) is 6.42 Å². The average molecular weight is 225 g/mol. The van der Waals surface area contributed by atoms with Crippen molar-refractivity contribution in [2.45, 2.75) is 56.2 Å². The van der Waals surface area contributed by atoms with E-state index in [0.29, 0.717) is 4.75 Å². The van der Waals surface area contributed by atoms with E-state index in [1.54, 1.807) is 0 Å². The van der Waals surface area contributed by atoms with Crippen LogP contribution in [0, 0.1) is 12.3 Å². The number of thioether (sulfide) groups is 1. The predicted molar refractivity (Wildman–Crippen MR) is 70.2 cm³/mol. The Kier molecular flexibility index (Phi) is 5.56. The minimum absolute atomic E-state index is 0.260. The minimum Gasteiger partial charge on any atom is -0.302 e. The maximum Gasteiger partial charge on any atom is 0.0684 e. The summed E-state index contributed by atoms with van der Waals surface area (Å²) < 4.78 is 0.461. The first-order chi connectivity index (χ1) is 7.26. The molecular formula is C13H23NS. The van der Waals surface area contributed by atoms with Crippen LogP contribution < -0.4 is 5.32 Å². The molecule has 0 bridgehead atoms. The Labute approximate surface area is 98.8 Å². The van der Waals surface area contributed by atoms with Crippen LogP contribution in [-0.4, -0.2) is 23.6 Å². The molecule has 0 saturated heterocycles. The number of nitrogens with one attached hydrogen (secondary N) is 1. The second kappa shape index (κ2) is 6.45. The van der Waals surface area contributed by atoms with E-state index in [1.165, 1.54) is 32.1 Å². The van der Waals surface area contributed by atoms with Gasteiger partial charge in [-0.2, -0.15) is 11.8 Å². The van der Waals surface area contributed by atoms with Gasteiger partial charge in [-0.1, -0.05) is 32.1 Å². The molecule has 1 atom stereocenters. The van der Waals surface area contributed by atoms with Crippen LogP contribution in [0.3, 0.4) is 0 Å². The summed E-state index contributed by atoms with van der Waals surface area (Å²) in [6, 6.07) is 0.260. The van der Waals surface area contributed by atoms with Crippen molar-refractivity contribution in [1.82, 2.24) is 5.32 Å². The summed E-state index contributed by atoms with van der Waals surface area (Å²) in [5.74, 6) is 2.81. The molecule has 1 fully saturated rings. The summed E-state index contributed by atoms with van der Waals surface area (Å²) >= 11 is 2.03. The molecule has 1 unspecified atom stereocenters. The van der Waals surface area contributed by atoms with E-state index in [-0.39, 0.29) is 6.04 Å². The Morgan fingerprint density at radius 2 is 2.07 bits per heavy atom. The Hall–Kier alpha value is -0.130. The molecule has 0 spiro atoms. The van der Waals surface area contributed by atoms with Crippen LogP contribution >= 0.6 is 11.8 Å². The van der Waals surface area contributed by atoms with E-state index in [9.17, 15) is 0 Å². The third kappa shape index (κ3) is 3.74.